The molecule has 2 unspecified atom stereocenters. The molecule has 1 aliphatic heterocycles. The molecule has 7 heteroatoms. The third-order valence-electron chi connectivity index (χ3n) is 4.63. The lowest BCUT2D eigenvalue weighted by Crippen LogP contribution is -2.14. The number of rotatable bonds is 4. The largest absolute Gasteiger partial charge is 0.462 e. The molecule has 1 aromatic carbocycles. The fourth-order valence-corrected chi connectivity index (χ4v) is 4.54. The third kappa shape index (κ3) is 3.05. The zero-order valence-corrected chi connectivity index (χ0v) is 15.9. The van der Waals surface area contributed by atoms with E-state index in [0.717, 1.165) is 20.1 Å². The molecular weight excluding hydrogens is 393 g/mol. The Balaban J connectivity index is 1.77. The minimum Gasteiger partial charge on any atom is -0.462 e. The number of halogens is 2. The van der Waals surface area contributed by atoms with E-state index in [1.165, 1.54) is 11.3 Å². The molecule has 26 heavy (non-hydrogen) atoms. The smallest absolute Gasteiger partial charge is 0.333 e. The van der Waals surface area contributed by atoms with E-state index in [0.29, 0.717) is 22.7 Å². The van der Waals surface area contributed by atoms with Crippen LogP contribution in [0.5, 0.6) is 0 Å². The molecule has 2 atom stereocenters. The summed E-state index contributed by atoms with van der Waals surface area (Å²) >= 11 is 13.7. The SMILES string of the molecule is C=C1C(=O)OCC1C(O)c1cn(Cc2ccc(Cl)s2)c2ccc(Cl)cc12. The molecule has 1 N–H and O–H groups in total. The summed E-state index contributed by atoms with van der Waals surface area (Å²) in [5.74, 6) is -0.916. The first-order valence-corrected chi connectivity index (χ1v) is 9.58. The molecule has 1 fully saturated rings. The standard InChI is InChI=1S/C19H15Cl2NO3S/c1-10-15(9-25-19(10)24)18(23)14-8-22(7-12-3-5-17(21)26-12)16-4-2-11(20)6-13(14)16/h2-6,8,15,18,23H,1,7,9H2. The van der Waals surface area contributed by atoms with E-state index in [4.69, 9.17) is 27.9 Å². The molecule has 3 heterocycles. The van der Waals surface area contributed by atoms with Crippen LogP contribution in [-0.4, -0.2) is 22.2 Å². The highest BCUT2D eigenvalue weighted by atomic mass is 35.5. The number of benzene rings is 1. The maximum Gasteiger partial charge on any atom is 0.333 e. The number of aliphatic hydroxyl groups is 1. The number of ether oxygens (including phenoxy) is 1. The maximum absolute atomic E-state index is 11.6. The number of carbonyl (C=O) groups excluding carboxylic acids is 1. The van der Waals surface area contributed by atoms with Crippen LogP contribution < -0.4 is 0 Å². The summed E-state index contributed by atoms with van der Waals surface area (Å²) in [5, 5.41) is 12.3. The Kier molecular flexibility index (Phi) is 4.57. The molecule has 1 aliphatic rings. The molecule has 3 aromatic rings. The van der Waals surface area contributed by atoms with Gasteiger partial charge in [0.15, 0.2) is 0 Å². The van der Waals surface area contributed by atoms with Crippen LogP contribution in [-0.2, 0) is 16.1 Å². The molecule has 0 aliphatic carbocycles. The van der Waals surface area contributed by atoms with Gasteiger partial charge in [-0.05, 0) is 30.3 Å². The first kappa shape index (κ1) is 17.6. The van der Waals surface area contributed by atoms with Crippen molar-refractivity contribution in [3.63, 3.8) is 0 Å². The van der Waals surface area contributed by atoms with Crippen molar-refractivity contribution in [3.8, 4) is 0 Å². The Morgan fingerprint density at radius 2 is 2.15 bits per heavy atom. The summed E-state index contributed by atoms with van der Waals surface area (Å²) in [4.78, 5) is 12.7. The number of fused-ring (bicyclic) bond motifs is 1. The van der Waals surface area contributed by atoms with Gasteiger partial charge in [-0.1, -0.05) is 29.8 Å². The van der Waals surface area contributed by atoms with Crippen LogP contribution in [0.1, 0.15) is 16.5 Å². The van der Waals surface area contributed by atoms with Crippen LogP contribution in [0.2, 0.25) is 9.36 Å². The van der Waals surface area contributed by atoms with Crippen molar-refractivity contribution in [1.29, 1.82) is 0 Å². The van der Waals surface area contributed by atoms with E-state index >= 15 is 0 Å². The normalized spacial score (nSPS) is 18.5. The fraction of sp³-hybridized carbons (Fsp3) is 0.211. The lowest BCUT2D eigenvalue weighted by molar-refractivity contribution is -0.135. The van der Waals surface area contributed by atoms with Gasteiger partial charge < -0.3 is 14.4 Å². The van der Waals surface area contributed by atoms with Crippen LogP contribution in [0.3, 0.4) is 0 Å². The molecule has 134 valence electrons. The minimum absolute atomic E-state index is 0.132. The van der Waals surface area contributed by atoms with Crippen molar-refractivity contribution < 1.29 is 14.6 Å². The van der Waals surface area contributed by atoms with Crippen molar-refractivity contribution in [2.24, 2.45) is 5.92 Å². The van der Waals surface area contributed by atoms with E-state index in [9.17, 15) is 9.90 Å². The van der Waals surface area contributed by atoms with E-state index in [1.807, 2.05) is 41.1 Å². The summed E-state index contributed by atoms with van der Waals surface area (Å²) in [6.07, 6.45) is 0.998. The van der Waals surface area contributed by atoms with Gasteiger partial charge in [0.05, 0.1) is 22.9 Å². The van der Waals surface area contributed by atoms with E-state index in [2.05, 4.69) is 6.58 Å². The van der Waals surface area contributed by atoms with Crippen LogP contribution in [0.15, 0.2) is 48.7 Å². The van der Waals surface area contributed by atoms with Gasteiger partial charge in [-0.2, -0.15) is 0 Å². The van der Waals surface area contributed by atoms with Crippen molar-refractivity contribution in [2.45, 2.75) is 12.6 Å². The molecular formula is C19H15Cl2NO3S. The molecule has 0 radical (unpaired) electrons. The zero-order chi connectivity index (χ0) is 18.4. The van der Waals surface area contributed by atoms with Gasteiger partial charge in [0.2, 0.25) is 0 Å². The second kappa shape index (κ2) is 6.74. The van der Waals surface area contributed by atoms with Crippen LogP contribution in [0.25, 0.3) is 10.9 Å². The lowest BCUT2D eigenvalue weighted by Gasteiger charge is -2.15. The van der Waals surface area contributed by atoms with Gasteiger partial charge in [-0.25, -0.2) is 4.79 Å². The molecule has 0 amide bonds. The number of carbonyl (C=O) groups is 1. The maximum atomic E-state index is 11.6. The Labute approximate surface area is 164 Å². The highest BCUT2D eigenvalue weighted by Crippen LogP contribution is 2.38. The topological polar surface area (TPSA) is 51.5 Å². The number of thiophene rings is 1. The molecule has 4 rings (SSSR count). The number of nitrogens with zero attached hydrogens (tertiary/aromatic N) is 1. The second-order valence-corrected chi connectivity index (χ2v) is 8.49. The van der Waals surface area contributed by atoms with E-state index < -0.39 is 18.0 Å². The van der Waals surface area contributed by atoms with Gasteiger partial charge >= 0.3 is 5.97 Å². The van der Waals surface area contributed by atoms with Gasteiger partial charge in [0.1, 0.15) is 6.61 Å². The van der Waals surface area contributed by atoms with Gasteiger partial charge in [0, 0.05) is 38.1 Å². The van der Waals surface area contributed by atoms with Crippen LogP contribution in [0.4, 0.5) is 0 Å². The monoisotopic (exact) mass is 407 g/mol. The van der Waals surface area contributed by atoms with Gasteiger partial charge in [-0.3, -0.25) is 0 Å². The highest BCUT2D eigenvalue weighted by Gasteiger charge is 2.36. The highest BCUT2D eigenvalue weighted by molar-refractivity contribution is 7.16. The fourth-order valence-electron chi connectivity index (χ4n) is 3.28. The Morgan fingerprint density at radius 3 is 2.81 bits per heavy atom. The van der Waals surface area contributed by atoms with Crippen molar-refractivity contribution in [3.05, 3.63) is 68.5 Å². The predicted molar refractivity (Wildman–Crippen MR) is 104 cm³/mol. The Morgan fingerprint density at radius 1 is 1.35 bits per heavy atom. The summed E-state index contributed by atoms with van der Waals surface area (Å²) in [5.41, 5.74) is 1.95. The summed E-state index contributed by atoms with van der Waals surface area (Å²) in [6, 6.07) is 9.42. The Hall–Kier alpha value is -1.79. The minimum atomic E-state index is -0.900. The molecule has 0 spiro atoms. The molecule has 0 saturated carbocycles. The number of esters is 1. The third-order valence-corrected chi connectivity index (χ3v) is 6.08. The molecule has 4 nitrogen and oxygen atoms in total. The van der Waals surface area contributed by atoms with Crippen LogP contribution >= 0.6 is 34.5 Å². The quantitative estimate of drug-likeness (QED) is 0.498. The van der Waals surface area contributed by atoms with Crippen molar-refractivity contribution >= 4 is 51.4 Å². The lowest BCUT2D eigenvalue weighted by atomic mass is 9.92. The van der Waals surface area contributed by atoms with Crippen molar-refractivity contribution in [1.82, 2.24) is 4.57 Å². The number of hydrogen-bond donors (Lipinski definition) is 1. The number of cyclic esters (lactones) is 1. The number of hydrogen-bond acceptors (Lipinski definition) is 4. The second-order valence-electron chi connectivity index (χ2n) is 6.25. The number of aliphatic hydroxyl groups excluding tert-OH is 1. The van der Waals surface area contributed by atoms with Gasteiger partial charge in [-0.15, -0.1) is 11.3 Å². The van der Waals surface area contributed by atoms with Gasteiger partial charge in [0.25, 0.3) is 0 Å². The van der Waals surface area contributed by atoms with Crippen LogP contribution in [0, 0.1) is 5.92 Å². The first-order valence-electron chi connectivity index (χ1n) is 8.00. The molecule has 2 aromatic heterocycles. The average Bonchev–Trinajstić information content (AvgIpc) is 3.27. The first-order chi connectivity index (χ1) is 12.4. The zero-order valence-electron chi connectivity index (χ0n) is 13.6. The van der Waals surface area contributed by atoms with E-state index in [-0.39, 0.29) is 6.61 Å². The average molecular weight is 408 g/mol. The summed E-state index contributed by atoms with van der Waals surface area (Å²) in [7, 11) is 0. The number of aromatic nitrogens is 1. The summed E-state index contributed by atoms with van der Waals surface area (Å²) < 4.78 is 7.80. The predicted octanol–water partition coefficient (Wildman–Crippen LogP) is 4.82. The Bertz CT molecular complexity index is 1020. The van der Waals surface area contributed by atoms with E-state index in [1.54, 1.807) is 0 Å². The molecule has 1 saturated heterocycles. The summed E-state index contributed by atoms with van der Waals surface area (Å²) in [6.45, 7) is 4.52. The van der Waals surface area contributed by atoms with Crippen molar-refractivity contribution in [2.75, 3.05) is 6.61 Å². The molecule has 0 bridgehead atoms.